The monoisotopic (exact) mass is 221 g/mol. The Balaban J connectivity index is 2.14. The second-order valence-electron chi connectivity index (χ2n) is 2.92. The van der Waals surface area contributed by atoms with Gasteiger partial charge in [0.1, 0.15) is 0 Å². The molecule has 2 rings (SSSR count). The first-order chi connectivity index (χ1) is 7.40. The zero-order chi connectivity index (χ0) is 10.5. The number of aromatic nitrogens is 4. The van der Waals surface area contributed by atoms with Crippen molar-refractivity contribution in [3.05, 3.63) is 18.5 Å². The molecule has 0 saturated carbocycles. The molecule has 78 valence electrons. The molecule has 0 saturated heterocycles. The number of nitrogens with one attached hydrogen (secondary N) is 1. The van der Waals surface area contributed by atoms with Crippen molar-refractivity contribution in [3.63, 3.8) is 0 Å². The molecule has 0 radical (unpaired) electrons. The first kappa shape index (κ1) is 9.97. The van der Waals surface area contributed by atoms with E-state index in [0.717, 1.165) is 18.1 Å². The summed E-state index contributed by atoms with van der Waals surface area (Å²) < 4.78 is 4.18. The van der Waals surface area contributed by atoms with Crippen LogP contribution in [0.1, 0.15) is 13.3 Å². The molecule has 0 amide bonds. The Morgan fingerprint density at radius 2 is 2.07 bits per heavy atom. The molecule has 0 aliphatic rings. The van der Waals surface area contributed by atoms with Crippen LogP contribution in [0.4, 0.5) is 5.13 Å². The van der Waals surface area contributed by atoms with E-state index in [9.17, 15) is 0 Å². The van der Waals surface area contributed by atoms with E-state index in [1.807, 2.05) is 0 Å². The Morgan fingerprint density at radius 1 is 1.27 bits per heavy atom. The largest absolute Gasteiger partial charge is 0.360 e. The molecule has 5 nitrogen and oxygen atoms in total. The molecule has 2 aromatic heterocycles. The summed E-state index contributed by atoms with van der Waals surface area (Å²) in [6.45, 7) is 3.01. The van der Waals surface area contributed by atoms with Crippen LogP contribution in [0.15, 0.2) is 18.5 Å². The SMILES string of the molecule is CCCNc1nc(-c2ncccn2)ns1. The molecule has 2 aromatic rings. The molecule has 2 heterocycles. The predicted octanol–water partition coefficient (Wildman–Crippen LogP) is 1.82. The number of rotatable bonds is 4. The number of anilines is 1. The van der Waals surface area contributed by atoms with Crippen LogP contribution in [0.3, 0.4) is 0 Å². The maximum atomic E-state index is 4.29. The van der Waals surface area contributed by atoms with Crippen molar-refractivity contribution in [2.24, 2.45) is 0 Å². The summed E-state index contributed by atoms with van der Waals surface area (Å²) >= 11 is 1.33. The van der Waals surface area contributed by atoms with Gasteiger partial charge in [0.2, 0.25) is 11.0 Å². The summed E-state index contributed by atoms with van der Waals surface area (Å²) in [5.74, 6) is 1.15. The molecule has 0 fully saturated rings. The lowest BCUT2D eigenvalue weighted by atomic mass is 10.5. The van der Waals surface area contributed by atoms with Gasteiger partial charge in [-0.25, -0.2) is 9.97 Å². The van der Waals surface area contributed by atoms with E-state index in [4.69, 9.17) is 0 Å². The molecule has 15 heavy (non-hydrogen) atoms. The van der Waals surface area contributed by atoms with Crippen LogP contribution >= 0.6 is 11.5 Å². The second-order valence-corrected chi connectivity index (χ2v) is 3.67. The average Bonchev–Trinajstić information content (AvgIpc) is 2.76. The minimum atomic E-state index is 0.568. The third kappa shape index (κ3) is 2.47. The van der Waals surface area contributed by atoms with E-state index in [1.54, 1.807) is 18.5 Å². The molecular formula is C9H11N5S. The third-order valence-corrected chi connectivity index (χ3v) is 2.39. The Bertz CT molecular complexity index is 413. The number of nitrogens with zero attached hydrogens (tertiary/aromatic N) is 4. The van der Waals surface area contributed by atoms with Crippen LogP contribution in [0.2, 0.25) is 0 Å². The van der Waals surface area contributed by atoms with Crippen LogP contribution < -0.4 is 5.32 Å². The van der Waals surface area contributed by atoms with E-state index >= 15 is 0 Å². The van der Waals surface area contributed by atoms with Crippen LogP contribution in [0, 0.1) is 0 Å². The normalized spacial score (nSPS) is 10.2. The van der Waals surface area contributed by atoms with Gasteiger partial charge in [0.25, 0.3) is 0 Å². The smallest absolute Gasteiger partial charge is 0.212 e. The molecular weight excluding hydrogens is 210 g/mol. The van der Waals surface area contributed by atoms with Gasteiger partial charge in [0.15, 0.2) is 5.82 Å². The Hall–Kier alpha value is -1.56. The van der Waals surface area contributed by atoms with E-state index in [1.165, 1.54) is 11.5 Å². The summed E-state index contributed by atoms with van der Waals surface area (Å²) in [4.78, 5) is 12.5. The lowest BCUT2D eigenvalue weighted by Gasteiger charge is -1.95. The number of hydrogen-bond acceptors (Lipinski definition) is 6. The van der Waals surface area contributed by atoms with E-state index in [0.29, 0.717) is 11.6 Å². The van der Waals surface area contributed by atoms with Crippen molar-refractivity contribution in [2.75, 3.05) is 11.9 Å². The minimum absolute atomic E-state index is 0.568. The highest BCUT2D eigenvalue weighted by molar-refractivity contribution is 7.09. The van der Waals surface area contributed by atoms with Crippen molar-refractivity contribution >= 4 is 16.7 Å². The third-order valence-electron chi connectivity index (χ3n) is 1.72. The lowest BCUT2D eigenvalue weighted by molar-refractivity contribution is 0.975. The van der Waals surface area contributed by atoms with Gasteiger partial charge in [0, 0.05) is 30.5 Å². The molecule has 0 atom stereocenters. The Morgan fingerprint density at radius 3 is 2.80 bits per heavy atom. The van der Waals surface area contributed by atoms with Gasteiger partial charge in [-0.1, -0.05) is 6.92 Å². The highest BCUT2D eigenvalue weighted by Gasteiger charge is 2.07. The highest BCUT2D eigenvalue weighted by atomic mass is 32.1. The predicted molar refractivity (Wildman–Crippen MR) is 59.7 cm³/mol. The van der Waals surface area contributed by atoms with Gasteiger partial charge in [-0.2, -0.15) is 9.36 Å². The first-order valence-electron chi connectivity index (χ1n) is 4.75. The van der Waals surface area contributed by atoms with Crippen molar-refractivity contribution in [1.82, 2.24) is 19.3 Å². The van der Waals surface area contributed by atoms with Gasteiger partial charge in [-0.15, -0.1) is 0 Å². The first-order valence-corrected chi connectivity index (χ1v) is 5.52. The van der Waals surface area contributed by atoms with Crippen molar-refractivity contribution in [3.8, 4) is 11.6 Å². The summed E-state index contributed by atoms with van der Waals surface area (Å²) in [5.41, 5.74) is 0. The fraction of sp³-hybridized carbons (Fsp3) is 0.333. The van der Waals surface area contributed by atoms with E-state index < -0.39 is 0 Å². The van der Waals surface area contributed by atoms with E-state index in [-0.39, 0.29) is 0 Å². The number of hydrogen-bond donors (Lipinski definition) is 1. The lowest BCUT2D eigenvalue weighted by Crippen LogP contribution is -1.98. The molecule has 6 heteroatoms. The molecule has 0 aliphatic heterocycles. The van der Waals surface area contributed by atoms with Crippen molar-refractivity contribution in [2.45, 2.75) is 13.3 Å². The quantitative estimate of drug-likeness (QED) is 0.853. The van der Waals surface area contributed by atoms with Crippen molar-refractivity contribution < 1.29 is 0 Å². The summed E-state index contributed by atoms with van der Waals surface area (Å²) in [6, 6.07) is 1.77. The van der Waals surface area contributed by atoms with Crippen molar-refractivity contribution in [1.29, 1.82) is 0 Å². The van der Waals surface area contributed by atoms with Crippen LogP contribution in [0.5, 0.6) is 0 Å². The van der Waals surface area contributed by atoms with Gasteiger partial charge in [-0.3, -0.25) is 0 Å². The maximum Gasteiger partial charge on any atom is 0.212 e. The van der Waals surface area contributed by atoms with Gasteiger partial charge >= 0.3 is 0 Å². The van der Waals surface area contributed by atoms with Gasteiger partial charge < -0.3 is 5.32 Å². The van der Waals surface area contributed by atoms with Crippen LogP contribution in [-0.4, -0.2) is 25.9 Å². The molecule has 0 spiro atoms. The van der Waals surface area contributed by atoms with Gasteiger partial charge in [-0.05, 0) is 12.5 Å². The van der Waals surface area contributed by atoms with Gasteiger partial charge in [0.05, 0.1) is 0 Å². The van der Waals surface area contributed by atoms with Crippen LogP contribution in [-0.2, 0) is 0 Å². The fourth-order valence-electron chi connectivity index (χ4n) is 1.03. The molecule has 0 unspecified atom stereocenters. The Labute approximate surface area is 91.8 Å². The summed E-state index contributed by atoms with van der Waals surface area (Å²) in [6.07, 6.45) is 4.43. The zero-order valence-corrected chi connectivity index (χ0v) is 9.16. The Kier molecular flexibility index (Phi) is 3.18. The highest BCUT2D eigenvalue weighted by Crippen LogP contribution is 2.16. The fourth-order valence-corrected chi connectivity index (χ4v) is 1.62. The molecule has 0 aromatic carbocycles. The average molecular weight is 221 g/mol. The molecule has 1 N–H and O–H groups in total. The summed E-state index contributed by atoms with van der Waals surface area (Å²) in [7, 11) is 0. The van der Waals surface area contributed by atoms with E-state index in [2.05, 4.69) is 31.6 Å². The van der Waals surface area contributed by atoms with Crippen LogP contribution in [0.25, 0.3) is 11.6 Å². The molecule has 0 aliphatic carbocycles. The topological polar surface area (TPSA) is 63.6 Å². The second kappa shape index (κ2) is 4.79. The summed E-state index contributed by atoms with van der Waals surface area (Å²) in [5, 5.41) is 3.99. The zero-order valence-electron chi connectivity index (χ0n) is 8.34. The molecule has 0 bridgehead atoms. The minimum Gasteiger partial charge on any atom is -0.360 e. The maximum absolute atomic E-state index is 4.29. The standard InChI is InChI=1S/C9H11N5S/c1-2-4-12-9-13-8(14-15-9)7-10-5-3-6-11-7/h3,5-6H,2,4H2,1H3,(H,12,13,14).